The first kappa shape index (κ1) is 24.7. The number of hydrogen-bond acceptors (Lipinski definition) is 4. The molecule has 7 nitrogen and oxygen atoms in total. The van der Waals surface area contributed by atoms with Crippen molar-refractivity contribution in [2.45, 2.75) is 19.9 Å². The van der Waals surface area contributed by atoms with Crippen LogP contribution in [-0.2, 0) is 6.54 Å². The Morgan fingerprint density at radius 1 is 0.838 bits per heavy atom. The fourth-order valence-corrected chi connectivity index (χ4v) is 5.13. The number of hydrogen-bond donors (Lipinski definition) is 0. The van der Waals surface area contributed by atoms with Crippen molar-refractivity contribution in [1.82, 2.24) is 9.80 Å². The number of carbonyl (C=O) groups is 2. The first-order chi connectivity index (χ1) is 18.0. The van der Waals surface area contributed by atoms with E-state index in [2.05, 4.69) is 42.2 Å². The lowest BCUT2D eigenvalue weighted by Gasteiger charge is -2.36. The molecule has 0 unspecified atom stereocenters. The van der Waals surface area contributed by atoms with Gasteiger partial charge in [-0.3, -0.25) is 9.69 Å². The van der Waals surface area contributed by atoms with Gasteiger partial charge >= 0.3 is 6.03 Å². The van der Waals surface area contributed by atoms with Crippen molar-refractivity contribution in [3.05, 3.63) is 89.5 Å². The van der Waals surface area contributed by atoms with Crippen molar-refractivity contribution in [2.75, 3.05) is 56.2 Å². The van der Waals surface area contributed by atoms with Gasteiger partial charge in [0.25, 0.3) is 5.91 Å². The number of ether oxygens (including phenoxy) is 1. The molecule has 3 aromatic rings. The van der Waals surface area contributed by atoms with Gasteiger partial charge in [0.1, 0.15) is 5.75 Å². The van der Waals surface area contributed by atoms with E-state index in [1.165, 1.54) is 5.56 Å². The Hall–Kier alpha value is -4.00. The van der Waals surface area contributed by atoms with E-state index in [0.717, 1.165) is 48.7 Å². The van der Waals surface area contributed by atoms with Crippen molar-refractivity contribution in [3.8, 4) is 5.75 Å². The topological polar surface area (TPSA) is 56.3 Å². The summed E-state index contributed by atoms with van der Waals surface area (Å²) in [5.41, 5.74) is 4.96. The zero-order chi connectivity index (χ0) is 25.8. The summed E-state index contributed by atoms with van der Waals surface area (Å²) in [6.07, 6.45) is 0.913. The minimum Gasteiger partial charge on any atom is -0.497 e. The molecule has 0 spiro atoms. The number of piperazine rings is 1. The normalized spacial score (nSPS) is 16.2. The van der Waals surface area contributed by atoms with E-state index in [1.807, 2.05) is 57.2 Å². The van der Waals surface area contributed by atoms with Crippen LogP contribution >= 0.6 is 0 Å². The summed E-state index contributed by atoms with van der Waals surface area (Å²) in [7, 11) is 1.66. The number of nitrogens with zero attached hydrogens (tertiary/aromatic N) is 4. The van der Waals surface area contributed by atoms with E-state index in [4.69, 9.17) is 4.74 Å². The highest BCUT2D eigenvalue weighted by atomic mass is 16.5. The molecule has 37 heavy (non-hydrogen) atoms. The van der Waals surface area contributed by atoms with Gasteiger partial charge in [-0.25, -0.2) is 4.79 Å². The Labute approximate surface area is 218 Å². The molecule has 0 radical (unpaired) electrons. The summed E-state index contributed by atoms with van der Waals surface area (Å²) in [4.78, 5) is 34.3. The highest BCUT2D eigenvalue weighted by molar-refractivity contribution is 5.96. The molecule has 0 saturated carbocycles. The summed E-state index contributed by atoms with van der Waals surface area (Å²) < 4.78 is 5.24. The zero-order valence-corrected chi connectivity index (χ0v) is 21.6. The zero-order valence-electron chi connectivity index (χ0n) is 21.6. The van der Waals surface area contributed by atoms with Crippen molar-refractivity contribution in [1.29, 1.82) is 0 Å². The molecular formula is C30H34N4O3. The monoisotopic (exact) mass is 498 g/mol. The highest BCUT2D eigenvalue weighted by Gasteiger charge is 2.27. The number of carbonyl (C=O) groups excluding carboxylic acids is 2. The fraction of sp³-hybridized carbons (Fsp3) is 0.333. The summed E-state index contributed by atoms with van der Waals surface area (Å²) >= 11 is 0. The van der Waals surface area contributed by atoms with Crippen LogP contribution in [0.4, 0.5) is 16.2 Å². The lowest BCUT2D eigenvalue weighted by molar-refractivity contribution is 0.0747. The molecule has 2 aliphatic rings. The molecule has 0 N–H and O–H groups in total. The lowest BCUT2D eigenvalue weighted by Crippen LogP contribution is -2.49. The molecule has 0 bridgehead atoms. The van der Waals surface area contributed by atoms with Crippen LogP contribution in [0, 0.1) is 6.92 Å². The van der Waals surface area contributed by atoms with E-state index in [1.54, 1.807) is 7.11 Å². The van der Waals surface area contributed by atoms with Crippen molar-refractivity contribution in [2.24, 2.45) is 0 Å². The van der Waals surface area contributed by atoms with Gasteiger partial charge in [0, 0.05) is 62.8 Å². The Morgan fingerprint density at radius 2 is 1.54 bits per heavy atom. The van der Waals surface area contributed by atoms with Crippen molar-refractivity contribution in [3.63, 3.8) is 0 Å². The Morgan fingerprint density at radius 3 is 2.22 bits per heavy atom. The maximum absolute atomic E-state index is 13.2. The molecule has 0 aliphatic carbocycles. The average molecular weight is 499 g/mol. The third-order valence-corrected chi connectivity index (χ3v) is 7.20. The maximum Gasteiger partial charge on any atom is 0.324 e. The second kappa shape index (κ2) is 10.9. The smallest absolute Gasteiger partial charge is 0.324 e. The third kappa shape index (κ3) is 5.56. The Bertz CT molecular complexity index is 1230. The van der Waals surface area contributed by atoms with Gasteiger partial charge in [0.15, 0.2) is 0 Å². The van der Waals surface area contributed by atoms with Gasteiger partial charge in [-0.15, -0.1) is 0 Å². The van der Waals surface area contributed by atoms with Crippen molar-refractivity contribution >= 4 is 23.3 Å². The number of rotatable bonds is 6. The lowest BCUT2D eigenvalue weighted by atomic mass is 10.1. The second-order valence-corrected chi connectivity index (χ2v) is 9.72. The van der Waals surface area contributed by atoms with Crippen molar-refractivity contribution < 1.29 is 14.3 Å². The van der Waals surface area contributed by atoms with E-state index in [-0.39, 0.29) is 11.9 Å². The van der Waals surface area contributed by atoms with E-state index < -0.39 is 0 Å². The summed E-state index contributed by atoms with van der Waals surface area (Å²) in [5, 5.41) is 0. The molecule has 3 amide bonds. The number of benzene rings is 3. The van der Waals surface area contributed by atoms with Gasteiger partial charge in [0.05, 0.1) is 7.11 Å². The summed E-state index contributed by atoms with van der Waals surface area (Å²) in [6.45, 7) is 7.03. The van der Waals surface area contributed by atoms with Crippen LogP contribution in [0.1, 0.15) is 27.9 Å². The molecule has 3 aromatic carbocycles. The SMILES string of the molecule is COc1ccc(N2CCN(C(=O)c3ccc(N4CCCN(Cc5cccc(C)c5)C4=O)cc3)CC2)cc1. The van der Waals surface area contributed by atoms with Gasteiger partial charge in [0.2, 0.25) is 0 Å². The minimum atomic E-state index is 0.0153. The second-order valence-electron chi connectivity index (χ2n) is 9.72. The third-order valence-electron chi connectivity index (χ3n) is 7.20. The van der Waals surface area contributed by atoms with Crippen LogP contribution in [0.5, 0.6) is 5.75 Å². The summed E-state index contributed by atoms with van der Waals surface area (Å²) in [5.74, 6) is 0.873. The molecule has 2 fully saturated rings. The van der Waals surface area contributed by atoms with Crippen LogP contribution < -0.4 is 14.5 Å². The fourth-order valence-electron chi connectivity index (χ4n) is 5.13. The Kier molecular flexibility index (Phi) is 7.30. The standard InChI is InChI=1S/C30H34N4O3/c1-23-5-3-6-24(21-23)22-33-15-4-16-34(30(33)36)27-9-7-25(8-10-27)29(35)32-19-17-31(18-20-32)26-11-13-28(37-2)14-12-26/h3,5-14,21H,4,15-20,22H2,1-2H3. The Balaban J connectivity index is 1.19. The van der Waals surface area contributed by atoms with Gasteiger partial charge in [-0.05, 0) is 67.4 Å². The predicted molar refractivity (Wildman–Crippen MR) is 147 cm³/mol. The number of methoxy groups -OCH3 is 1. The highest BCUT2D eigenvalue weighted by Crippen LogP contribution is 2.24. The van der Waals surface area contributed by atoms with E-state index in [9.17, 15) is 9.59 Å². The van der Waals surface area contributed by atoms with Gasteiger partial charge in [-0.1, -0.05) is 29.8 Å². The molecule has 2 heterocycles. The van der Waals surface area contributed by atoms with Crippen LogP contribution in [0.25, 0.3) is 0 Å². The largest absolute Gasteiger partial charge is 0.497 e. The number of aryl methyl sites for hydroxylation is 1. The molecule has 2 saturated heterocycles. The van der Waals surface area contributed by atoms with Crippen LogP contribution in [0.2, 0.25) is 0 Å². The van der Waals surface area contributed by atoms with Crippen LogP contribution in [0.3, 0.4) is 0 Å². The quantitative estimate of drug-likeness (QED) is 0.490. The average Bonchev–Trinajstić information content (AvgIpc) is 2.94. The minimum absolute atomic E-state index is 0.0153. The molecule has 192 valence electrons. The molecule has 7 heteroatoms. The van der Waals surface area contributed by atoms with E-state index >= 15 is 0 Å². The summed E-state index contributed by atoms with van der Waals surface area (Å²) in [6, 6.07) is 23.8. The van der Waals surface area contributed by atoms with Gasteiger partial charge in [-0.2, -0.15) is 0 Å². The molecule has 0 atom stereocenters. The first-order valence-electron chi connectivity index (χ1n) is 12.9. The molecule has 5 rings (SSSR count). The van der Waals surface area contributed by atoms with Gasteiger partial charge < -0.3 is 19.4 Å². The van der Waals surface area contributed by atoms with Crippen LogP contribution in [0.15, 0.2) is 72.8 Å². The number of anilines is 2. The molecule has 0 aromatic heterocycles. The molecule has 2 aliphatic heterocycles. The number of amides is 3. The van der Waals surface area contributed by atoms with E-state index in [0.29, 0.717) is 31.7 Å². The molecular weight excluding hydrogens is 464 g/mol. The predicted octanol–water partition coefficient (Wildman–Crippen LogP) is 4.80. The van der Waals surface area contributed by atoms with Crippen LogP contribution in [-0.4, -0.2) is 68.1 Å². The number of urea groups is 1. The first-order valence-corrected chi connectivity index (χ1v) is 12.9. The maximum atomic E-state index is 13.2.